The molecule has 4 atom stereocenters. The molecule has 0 bridgehead atoms. The summed E-state index contributed by atoms with van der Waals surface area (Å²) in [5.74, 6) is 0. The van der Waals surface area contributed by atoms with Crippen molar-refractivity contribution in [2.45, 2.75) is 31.1 Å². The summed E-state index contributed by atoms with van der Waals surface area (Å²) < 4.78 is 8.32. The molecule has 2 aromatic heterocycles. The van der Waals surface area contributed by atoms with E-state index < -0.39 is 31.1 Å². The Bertz CT molecular complexity index is 970. The molecule has 0 spiro atoms. The molecule has 0 saturated carbocycles. The second-order valence-electron chi connectivity index (χ2n) is 6.22. The third-order valence-corrected chi connectivity index (χ3v) is 4.54. The smallest absolute Gasteiger partial charge is 0.281 e. The molecular weight excluding hydrogens is 340 g/mol. The van der Waals surface area contributed by atoms with Gasteiger partial charge in [0, 0.05) is 0 Å². The van der Waals surface area contributed by atoms with Crippen molar-refractivity contribution < 1.29 is 20.1 Å². The molecule has 9 nitrogen and oxygen atoms in total. The fourth-order valence-electron chi connectivity index (χ4n) is 3.13. The number of aliphatic hydroxyl groups is 3. The fraction of sp³-hybridized carbons (Fsp3) is 0.353. The van der Waals surface area contributed by atoms with E-state index in [9.17, 15) is 20.1 Å². The lowest BCUT2D eigenvalue weighted by atomic mass is 10.1. The highest BCUT2D eigenvalue weighted by Gasteiger charge is 2.44. The number of rotatable bonds is 4. The Morgan fingerprint density at radius 2 is 1.85 bits per heavy atom. The Hall–Kier alpha value is -2.59. The summed E-state index contributed by atoms with van der Waals surface area (Å²) in [6, 6.07) is 9.50. The van der Waals surface area contributed by atoms with Gasteiger partial charge in [-0.2, -0.15) is 0 Å². The molecule has 3 heterocycles. The molecule has 26 heavy (non-hydrogen) atoms. The summed E-state index contributed by atoms with van der Waals surface area (Å²) in [6.07, 6.45) is -1.64. The van der Waals surface area contributed by atoms with E-state index in [-0.39, 0.29) is 16.7 Å². The van der Waals surface area contributed by atoms with Gasteiger partial charge in [0.2, 0.25) is 0 Å². The van der Waals surface area contributed by atoms with Crippen LogP contribution < -0.4 is 5.56 Å². The molecule has 0 amide bonds. The van der Waals surface area contributed by atoms with Gasteiger partial charge in [-0.15, -0.1) is 0 Å². The molecule has 0 unspecified atom stereocenters. The predicted molar refractivity (Wildman–Crippen MR) is 90.3 cm³/mol. The molecule has 1 fully saturated rings. The first-order valence-electron chi connectivity index (χ1n) is 8.18. The highest BCUT2D eigenvalue weighted by molar-refractivity contribution is 5.69. The lowest BCUT2D eigenvalue weighted by Gasteiger charge is -2.16. The number of benzene rings is 1. The summed E-state index contributed by atoms with van der Waals surface area (Å²) in [5.41, 5.74) is 1.03. The molecule has 1 aromatic carbocycles. The van der Waals surface area contributed by atoms with Gasteiger partial charge in [-0.25, -0.2) is 9.97 Å². The van der Waals surface area contributed by atoms with Crippen molar-refractivity contribution in [1.82, 2.24) is 19.1 Å². The zero-order valence-electron chi connectivity index (χ0n) is 13.7. The number of aliphatic hydroxyl groups excluding tert-OH is 3. The molecule has 0 radical (unpaired) electrons. The van der Waals surface area contributed by atoms with E-state index in [1.807, 2.05) is 30.3 Å². The van der Waals surface area contributed by atoms with E-state index in [1.54, 1.807) is 0 Å². The highest BCUT2D eigenvalue weighted by atomic mass is 16.6. The van der Waals surface area contributed by atoms with Gasteiger partial charge in [-0.1, -0.05) is 30.3 Å². The number of fused-ring (bicyclic) bond motifs is 1. The third-order valence-electron chi connectivity index (χ3n) is 4.54. The van der Waals surface area contributed by atoms with Gasteiger partial charge in [-0.05, 0) is 5.56 Å². The minimum absolute atomic E-state index is 0.140. The average molecular weight is 358 g/mol. The number of nitrogens with zero attached hydrogens (tertiary/aromatic N) is 4. The molecule has 1 aliphatic rings. The molecule has 9 heteroatoms. The lowest BCUT2D eigenvalue weighted by molar-refractivity contribution is -0.0511. The van der Waals surface area contributed by atoms with Gasteiger partial charge in [0.25, 0.3) is 5.56 Å². The van der Waals surface area contributed by atoms with Crippen molar-refractivity contribution in [3.63, 3.8) is 0 Å². The Labute approximate surface area is 147 Å². The minimum Gasteiger partial charge on any atom is -0.394 e. The van der Waals surface area contributed by atoms with Crippen LogP contribution >= 0.6 is 0 Å². The van der Waals surface area contributed by atoms with Crippen LogP contribution in [-0.2, 0) is 11.3 Å². The molecule has 1 aliphatic heterocycles. The largest absolute Gasteiger partial charge is 0.394 e. The van der Waals surface area contributed by atoms with E-state index in [2.05, 4.69) is 9.97 Å². The van der Waals surface area contributed by atoms with Crippen LogP contribution in [0, 0.1) is 0 Å². The first-order chi connectivity index (χ1) is 12.6. The van der Waals surface area contributed by atoms with Crippen LogP contribution in [0.5, 0.6) is 0 Å². The van der Waals surface area contributed by atoms with Crippen molar-refractivity contribution in [1.29, 1.82) is 0 Å². The third kappa shape index (κ3) is 2.71. The normalized spacial score (nSPS) is 25.8. The Kier molecular flexibility index (Phi) is 4.29. The molecule has 4 rings (SSSR count). The lowest BCUT2D eigenvalue weighted by Crippen LogP contribution is -2.33. The Morgan fingerprint density at radius 1 is 1.08 bits per heavy atom. The number of hydrogen-bond donors (Lipinski definition) is 3. The molecular formula is C17H18N4O5. The molecule has 1 saturated heterocycles. The van der Waals surface area contributed by atoms with Crippen molar-refractivity contribution in [2.75, 3.05) is 6.61 Å². The van der Waals surface area contributed by atoms with Gasteiger partial charge in [-0.3, -0.25) is 13.9 Å². The van der Waals surface area contributed by atoms with Crippen molar-refractivity contribution >= 4 is 11.2 Å². The highest BCUT2D eigenvalue weighted by Crippen LogP contribution is 2.30. The van der Waals surface area contributed by atoms with Gasteiger partial charge in [0.1, 0.15) is 24.6 Å². The minimum atomic E-state index is -1.27. The summed E-state index contributed by atoms with van der Waals surface area (Å²) >= 11 is 0. The number of hydrogen-bond acceptors (Lipinski definition) is 7. The van der Waals surface area contributed by atoms with Crippen molar-refractivity contribution in [3.05, 3.63) is 58.9 Å². The zero-order chi connectivity index (χ0) is 18.3. The number of ether oxygens (including phenoxy) is 1. The maximum Gasteiger partial charge on any atom is 0.281 e. The number of aromatic nitrogens is 4. The second-order valence-corrected chi connectivity index (χ2v) is 6.22. The van der Waals surface area contributed by atoms with Crippen LogP contribution in [-0.4, -0.2) is 59.3 Å². The van der Waals surface area contributed by atoms with E-state index in [0.717, 1.165) is 5.56 Å². The molecule has 3 N–H and O–H groups in total. The van der Waals surface area contributed by atoms with Crippen molar-refractivity contribution in [2.24, 2.45) is 0 Å². The monoisotopic (exact) mass is 358 g/mol. The van der Waals surface area contributed by atoms with Crippen LogP contribution in [0.25, 0.3) is 11.2 Å². The van der Waals surface area contributed by atoms with Crippen LogP contribution in [0.3, 0.4) is 0 Å². The van der Waals surface area contributed by atoms with Gasteiger partial charge in [0.05, 0.1) is 19.5 Å². The first kappa shape index (κ1) is 16.9. The van der Waals surface area contributed by atoms with Gasteiger partial charge < -0.3 is 20.1 Å². The maximum absolute atomic E-state index is 12.7. The van der Waals surface area contributed by atoms with Gasteiger partial charge >= 0.3 is 0 Å². The predicted octanol–water partition coefficient (Wildman–Crippen LogP) is -0.747. The first-order valence-corrected chi connectivity index (χ1v) is 8.18. The van der Waals surface area contributed by atoms with Crippen LogP contribution in [0.2, 0.25) is 0 Å². The maximum atomic E-state index is 12.7. The quantitative estimate of drug-likeness (QED) is 0.561. The standard InChI is InChI=1S/C17H18N4O5/c22-7-11-13(23)14(24)17(26-11)21-9-18-12-15(21)19-8-20(16(12)25)6-10-4-2-1-3-5-10/h1-5,8-9,11,13-14,17,22-24H,6-7H2/t11-,13-,14-,17-/m0/s1. The summed E-state index contributed by atoms with van der Waals surface area (Å²) in [4.78, 5) is 21.1. The second kappa shape index (κ2) is 6.61. The van der Waals surface area contributed by atoms with E-state index in [1.165, 1.54) is 21.8 Å². The van der Waals surface area contributed by atoms with E-state index >= 15 is 0 Å². The topological polar surface area (TPSA) is 123 Å². The summed E-state index contributed by atoms with van der Waals surface area (Å²) in [5, 5.41) is 29.3. The van der Waals surface area contributed by atoms with Crippen LogP contribution in [0.1, 0.15) is 11.8 Å². The number of imidazole rings is 1. The van der Waals surface area contributed by atoms with Crippen LogP contribution in [0.4, 0.5) is 0 Å². The van der Waals surface area contributed by atoms with Crippen LogP contribution in [0.15, 0.2) is 47.8 Å². The zero-order valence-corrected chi connectivity index (χ0v) is 13.7. The molecule has 0 aliphatic carbocycles. The van der Waals surface area contributed by atoms with Crippen molar-refractivity contribution in [3.8, 4) is 0 Å². The Morgan fingerprint density at radius 3 is 2.54 bits per heavy atom. The fourth-order valence-corrected chi connectivity index (χ4v) is 3.13. The summed E-state index contributed by atoms with van der Waals surface area (Å²) in [6.45, 7) is -0.0675. The average Bonchev–Trinajstić information content (AvgIpc) is 3.20. The van der Waals surface area contributed by atoms with E-state index in [0.29, 0.717) is 6.54 Å². The summed E-state index contributed by atoms with van der Waals surface area (Å²) in [7, 11) is 0. The molecule has 136 valence electrons. The molecule has 3 aromatic rings. The van der Waals surface area contributed by atoms with Gasteiger partial charge in [0.15, 0.2) is 17.4 Å². The SMILES string of the molecule is O=c1c2ncn([C@H]3O[C@@H](CO)[C@H](O)[C@@H]3O)c2ncn1Cc1ccccc1. The Balaban J connectivity index is 1.70. The van der Waals surface area contributed by atoms with E-state index in [4.69, 9.17) is 4.74 Å².